The predicted molar refractivity (Wildman–Crippen MR) is 71.0 cm³/mol. The molecule has 0 unspecified atom stereocenters. The number of imide groups is 1. The lowest BCUT2D eigenvalue weighted by molar-refractivity contribution is -0.197. The van der Waals surface area contributed by atoms with E-state index in [1.807, 2.05) is 12.1 Å². The zero-order chi connectivity index (χ0) is 14.5. The number of aryl methyl sites for hydroxylation is 1. The smallest absolute Gasteiger partial charge is 0.333 e. The summed E-state index contributed by atoms with van der Waals surface area (Å²) in [6, 6.07) is 7.40. The summed E-state index contributed by atoms with van der Waals surface area (Å²) in [6.07, 6.45) is 1.66. The van der Waals surface area contributed by atoms with Crippen molar-refractivity contribution in [3.8, 4) is 0 Å². The van der Waals surface area contributed by atoms with Crippen LogP contribution in [0.3, 0.4) is 0 Å². The minimum atomic E-state index is -0.566. The molecule has 0 bridgehead atoms. The lowest BCUT2D eigenvalue weighted by Gasteiger charge is -2.12. The second-order valence-electron chi connectivity index (χ2n) is 4.64. The number of hydrogen-bond acceptors (Lipinski definition) is 5. The lowest BCUT2D eigenvalue weighted by atomic mass is 10.1. The van der Waals surface area contributed by atoms with Crippen LogP contribution < -0.4 is 5.73 Å². The molecule has 1 heterocycles. The van der Waals surface area contributed by atoms with Gasteiger partial charge < -0.3 is 10.6 Å². The maximum atomic E-state index is 11.5. The molecule has 2 amide bonds. The third-order valence-electron chi connectivity index (χ3n) is 3.02. The molecule has 20 heavy (non-hydrogen) atoms. The Morgan fingerprint density at radius 3 is 2.35 bits per heavy atom. The molecular formula is C14H16N2O4. The van der Waals surface area contributed by atoms with Crippen LogP contribution in [0.15, 0.2) is 24.3 Å². The number of hydroxylamine groups is 2. The van der Waals surface area contributed by atoms with E-state index in [1.54, 1.807) is 12.1 Å². The van der Waals surface area contributed by atoms with E-state index in [0.717, 1.165) is 5.56 Å². The fourth-order valence-electron chi connectivity index (χ4n) is 1.93. The van der Waals surface area contributed by atoms with Crippen LogP contribution in [0.5, 0.6) is 0 Å². The van der Waals surface area contributed by atoms with Crippen molar-refractivity contribution in [3.05, 3.63) is 29.8 Å². The highest BCUT2D eigenvalue weighted by Crippen LogP contribution is 2.14. The predicted octanol–water partition coefficient (Wildman–Crippen LogP) is 1.20. The van der Waals surface area contributed by atoms with Gasteiger partial charge in [0, 0.05) is 24.9 Å². The Kier molecular flexibility index (Phi) is 4.34. The number of hydrogen-bond donors (Lipinski definition) is 1. The first-order chi connectivity index (χ1) is 9.56. The van der Waals surface area contributed by atoms with E-state index in [4.69, 9.17) is 10.6 Å². The first-order valence-electron chi connectivity index (χ1n) is 6.47. The van der Waals surface area contributed by atoms with Gasteiger partial charge in [-0.3, -0.25) is 9.59 Å². The zero-order valence-corrected chi connectivity index (χ0v) is 11.0. The number of carbonyl (C=O) groups is 3. The van der Waals surface area contributed by atoms with Crippen LogP contribution in [0.4, 0.5) is 5.69 Å². The Morgan fingerprint density at radius 1 is 1.15 bits per heavy atom. The molecule has 2 N–H and O–H groups in total. The van der Waals surface area contributed by atoms with Crippen LogP contribution in [0.2, 0.25) is 0 Å². The van der Waals surface area contributed by atoms with Gasteiger partial charge in [0.2, 0.25) is 0 Å². The van der Waals surface area contributed by atoms with Gasteiger partial charge >= 0.3 is 5.97 Å². The molecule has 1 fully saturated rings. The van der Waals surface area contributed by atoms with E-state index in [2.05, 4.69) is 0 Å². The fraction of sp³-hybridized carbons (Fsp3) is 0.357. The number of nitrogens with two attached hydrogens (primary N) is 1. The lowest BCUT2D eigenvalue weighted by Crippen LogP contribution is -2.31. The number of amides is 2. The van der Waals surface area contributed by atoms with E-state index < -0.39 is 17.8 Å². The molecule has 0 aliphatic carbocycles. The average molecular weight is 276 g/mol. The minimum Gasteiger partial charge on any atom is -0.399 e. The normalized spacial score (nSPS) is 14.7. The molecule has 6 heteroatoms. The number of rotatable bonds is 5. The monoisotopic (exact) mass is 276 g/mol. The van der Waals surface area contributed by atoms with Gasteiger partial charge in [-0.15, -0.1) is 5.06 Å². The molecule has 1 aliphatic rings. The second kappa shape index (κ2) is 6.18. The number of anilines is 1. The molecular weight excluding hydrogens is 260 g/mol. The van der Waals surface area contributed by atoms with Gasteiger partial charge in [-0.25, -0.2) is 4.79 Å². The van der Waals surface area contributed by atoms with Crippen molar-refractivity contribution < 1.29 is 19.2 Å². The summed E-state index contributed by atoms with van der Waals surface area (Å²) in [5, 5.41) is 0.575. The molecule has 6 nitrogen and oxygen atoms in total. The molecule has 2 rings (SSSR count). The summed E-state index contributed by atoms with van der Waals surface area (Å²) in [7, 11) is 0. The second-order valence-corrected chi connectivity index (χ2v) is 4.64. The number of benzene rings is 1. The Hall–Kier alpha value is -2.37. The summed E-state index contributed by atoms with van der Waals surface area (Å²) in [4.78, 5) is 38.8. The van der Waals surface area contributed by atoms with Crippen molar-refractivity contribution in [1.29, 1.82) is 0 Å². The van der Waals surface area contributed by atoms with Gasteiger partial charge in [-0.05, 0) is 30.5 Å². The maximum Gasteiger partial charge on any atom is 0.333 e. The number of nitrogens with zero attached hydrogens (tertiary/aromatic N) is 1. The van der Waals surface area contributed by atoms with Gasteiger partial charge in [-0.1, -0.05) is 12.1 Å². The van der Waals surface area contributed by atoms with Crippen molar-refractivity contribution in [2.24, 2.45) is 0 Å². The summed E-state index contributed by atoms with van der Waals surface area (Å²) in [5.74, 6) is -1.48. The Balaban J connectivity index is 1.74. The molecule has 0 saturated carbocycles. The van der Waals surface area contributed by atoms with Gasteiger partial charge in [0.05, 0.1) is 0 Å². The molecule has 1 aliphatic heterocycles. The van der Waals surface area contributed by atoms with Crippen LogP contribution >= 0.6 is 0 Å². The first-order valence-corrected chi connectivity index (χ1v) is 6.47. The van der Waals surface area contributed by atoms with Crippen molar-refractivity contribution in [2.75, 3.05) is 5.73 Å². The molecule has 0 atom stereocenters. The Bertz CT molecular complexity index is 508. The van der Waals surface area contributed by atoms with Crippen molar-refractivity contribution in [2.45, 2.75) is 32.1 Å². The highest BCUT2D eigenvalue weighted by Gasteiger charge is 2.32. The van der Waals surface area contributed by atoms with Crippen molar-refractivity contribution in [1.82, 2.24) is 5.06 Å². The van der Waals surface area contributed by atoms with Gasteiger partial charge in [-0.2, -0.15) is 0 Å². The van der Waals surface area contributed by atoms with Crippen LogP contribution in [0.1, 0.15) is 31.2 Å². The van der Waals surface area contributed by atoms with E-state index in [-0.39, 0.29) is 19.3 Å². The molecule has 1 saturated heterocycles. The highest BCUT2D eigenvalue weighted by atomic mass is 16.7. The fourth-order valence-corrected chi connectivity index (χ4v) is 1.93. The maximum absolute atomic E-state index is 11.5. The van der Waals surface area contributed by atoms with Crippen LogP contribution in [-0.2, 0) is 25.6 Å². The van der Waals surface area contributed by atoms with Crippen LogP contribution in [-0.4, -0.2) is 22.8 Å². The molecule has 1 aromatic rings. The summed E-state index contributed by atoms with van der Waals surface area (Å²) < 4.78 is 0. The SMILES string of the molecule is Nc1ccc(CCCC(=O)ON2C(=O)CCC2=O)cc1. The summed E-state index contributed by atoms with van der Waals surface area (Å²) in [6.45, 7) is 0. The largest absolute Gasteiger partial charge is 0.399 e. The number of carbonyl (C=O) groups excluding carboxylic acids is 3. The topological polar surface area (TPSA) is 89.7 Å². The Labute approximate surface area is 116 Å². The zero-order valence-electron chi connectivity index (χ0n) is 11.0. The molecule has 0 aromatic heterocycles. The number of nitrogen functional groups attached to an aromatic ring is 1. The standard InChI is InChI=1S/C14H16N2O4/c15-11-6-4-10(5-7-11)2-1-3-14(19)20-16-12(17)8-9-13(16)18/h4-7H,1-3,8-9,15H2. The van der Waals surface area contributed by atoms with E-state index in [1.165, 1.54) is 0 Å². The Morgan fingerprint density at radius 2 is 1.75 bits per heavy atom. The summed E-state index contributed by atoms with van der Waals surface area (Å²) in [5.41, 5.74) is 7.34. The van der Waals surface area contributed by atoms with Gasteiger partial charge in [0.25, 0.3) is 11.8 Å². The third-order valence-corrected chi connectivity index (χ3v) is 3.02. The third kappa shape index (κ3) is 3.57. The molecule has 106 valence electrons. The quantitative estimate of drug-likeness (QED) is 0.644. The van der Waals surface area contributed by atoms with Crippen molar-refractivity contribution >= 4 is 23.5 Å². The molecule has 0 spiro atoms. The van der Waals surface area contributed by atoms with Gasteiger partial charge in [0.15, 0.2) is 0 Å². The van der Waals surface area contributed by atoms with Crippen LogP contribution in [0, 0.1) is 0 Å². The summed E-state index contributed by atoms with van der Waals surface area (Å²) >= 11 is 0. The van der Waals surface area contributed by atoms with Crippen molar-refractivity contribution in [3.63, 3.8) is 0 Å². The molecule has 1 aromatic carbocycles. The average Bonchev–Trinajstić information content (AvgIpc) is 2.73. The van der Waals surface area contributed by atoms with E-state index in [0.29, 0.717) is 23.6 Å². The highest BCUT2D eigenvalue weighted by molar-refractivity contribution is 6.01. The minimum absolute atomic E-state index is 0.109. The van der Waals surface area contributed by atoms with E-state index >= 15 is 0 Å². The van der Waals surface area contributed by atoms with E-state index in [9.17, 15) is 14.4 Å². The molecule has 0 radical (unpaired) electrons. The van der Waals surface area contributed by atoms with Crippen LogP contribution in [0.25, 0.3) is 0 Å². The first kappa shape index (κ1) is 14.0. The van der Waals surface area contributed by atoms with Gasteiger partial charge in [0.1, 0.15) is 0 Å².